The highest BCUT2D eigenvalue weighted by Gasteiger charge is 2.15. The van der Waals surface area contributed by atoms with Gasteiger partial charge in [-0.05, 0) is 77.2 Å². The van der Waals surface area contributed by atoms with E-state index in [1.807, 2.05) is 12.1 Å². The quantitative estimate of drug-likeness (QED) is 0.473. The molecule has 0 radical (unpaired) electrons. The molecule has 0 saturated carbocycles. The van der Waals surface area contributed by atoms with Crippen LogP contribution >= 0.6 is 34.2 Å². The third kappa shape index (κ3) is 5.00. The summed E-state index contributed by atoms with van der Waals surface area (Å²) in [7, 11) is -3.76. The number of hydrogen-bond acceptors (Lipinski definition) is 3. The molecule has 3 aromatic carbocycles. The second kappa shape index (κ2) is 8.28. The monoisotopic (exact) mass is 512 g/mol. The van der Waals surface area contributed by atoms with Gasteiger partial charge >= 0.3 is 0 Å². The summed E-state index contributed by atoms with van der Waals surface area (Å²) in [5.41, 5.74) is 1.43. The van der Waals surface area contributed by atoms with E-state index >= 15 is 0 Å². The Morgan fingerprint density at radius 2 is 1.59 bits per heavy atom. The van der Waals surface area contributed by atoms with E-state index in [4.69, 9.17) is 11.6 Å². The first-order chi connectivity index (χ1) is 12.8. The van der Waals surface area contributed by atoms with Gasteiger partial charge in [0.15, 0.2) is 0 Å². The molecule has 0 atom stereocenters. The van der Waals surface area contributed by atoms with E-state index in [2.05, 4.69) is 32.6 Å². The molecule has 0 saturated heterocycles. The Hall–Kier alpha value is -2.10. The minimum Gasteiger partial charge on any atom is -0.322 e. The Bertz CT molecular complexity index is 1090. The van der Waals surface area contributed by atoms with E-state index in [-0.39, 0.29) is 10.8 Å². The predicted octanol–water partition coefficient (Wildman–Crippen LogP) is 5.00. The van der Waals surface area contributed by atoms with Gasteiger partial charge in [-0.15, -0.1) is 0 Å². The van der Waals surface area contributed by atoms with Crippen LogP contribution in [0, 0.1) is 3.57 Å². The van der Waals surface area contributed by atoms with E-state index in [9.17, 15) is 13.2 Å². The summed E-state index contributed by atoms with van der Waals surface area (Å²) in [6.45, 7) is 0. The maximum absolute atomic E-state index is 12.5. The largest absolute Gasteiger partial charge is 0.322 e. The fraction of sp³-hybridized carbons (Fsp3) is 0. The zero-order valence-electron chi connectivity index (χ0n) is 13.8. The summed E-state index contributed by atoms with van der Waals surface area (Å²) >= 11 is 7.96. The van der Waals surface area contributed by atoms with Crippen molar-refractivity contribution in [1.29, 1.82) is 0 Å². The maximum Gasteiger partial charge on any atom is 0.261 e. The molecule has 2 N–H and O–H groups in total. The van der Waals surface area contributed by atoms with Gasteiger partial charge in [0, 0.05) is 14.3 Å². The third-order valence-corrected chi connectivity index (χ3v) is 6.19. The summed E-state index contributed by atoms with van der Waals surface area (Å²) in [6.07, 6.45) is 0. The van der Waals surface area contributed by atoms with Gasteiger partial charge in [-0.1, -0.05) is 29.8 Å². The van der Waals surface area contributed by atoms with Crippen LogP contribution in [0.15, 0.2) is 77.7 Å². The number of carbonyl (C=O) groups excluding carboxylic acids is 1. The first kappa shape index (κ1) is 19.7. The number of sulfonamides is 1. The molecule has 138 valence electrons. The van der Waals surface area contributed by atoms with Crippen LogP contribution in [0.4, 0.5) is 11.4 Å². The van der Waals surface area contributed by atoms with Gasteiger partial charge in [0.1, 0.15) is 0 Å². The molecule has 0 spiro atoms. The molecule has 0 aromatic heterocycles. The van der Waals surface area contributed by atoms with Gasteiger partial charge in [0.25, 0.3) is 15.9 Å². The fourth-order valence-electron chi connectivity index (χ4n) is 2.33. The highest BCUT2D eigenvalue weighted by atomic mass is 127. The third-order valence-electron chi connectivity index (χ3n) is 3.62. The smallest absolute Gasteiger partial charge is 0.261 e. The van der Waals surface area contributed by atoms with Gasteiger partial charge < -0.3 is 5.32 Å². The summed E-state index contributed by atoms with van der Waals surface area (Å²) in [6, 6.07) is 19.6. The van der Waals surface area contributed by atoms with Crippen LogP contribution in [0.2, 0.25) is 5.02 Å². The maximum atomic E-state index is 12.5. The molecule has 3 rings (SSSR count). The van der Waals surface area contributed by atoms with Crippen molar-refractivity contribution in [3.63, 3.8) is 0 Å². The van der Waals surface area contributed by atoms with E-state index < -0.39 is 10.0 Å². The van der Waals surface area contributed by atoms with Crippen LogP contribution in [0.25, 0.3) is 0 Å². The highest BCUT2D eigenvalue weighted by Crippen LogP contribution is 2.21. The normalized spacial score (nSPS) is 11.0. The van der Waals surface area contributed by atoms with Crippen molar-refractivity contribution in [2.45, 2.75) is 4.90 Å². The van der Waals surface area contributed by atoms with E-state index in [0.29, 0.717) is 22.0 Å². The van der Waals surface area contributed by atoms with Gasteiger partial charge in [0.05, 0.1) is 16.1 Å². The number of amides is 1. The molecule has 0 unspecified atom stereocenters. The van der Waals surface area contributed by atoms with Crippen molar-refractivity contribution in [3.05, 3.63) is 87.0 Å². The minimum atomic E-state index is -3.76. The second-order valence-corrected chi connectivity index (χ2v) is 8.86. The van der Waals surface area contributed by atoms with Crippen molar-refractivity contribution < 1.29 is 13.2 Å². The average molecular weight is 513 g/mol. The molecule has 0 heterocycles. The number of rotatable bonds is 5. The van der Waals surface area contributed by atoms with Gasteiger partial charge in [-0.25, -0.2) is 8.42 Å². The zero-order chi connectivity index (χ0) is 19.4. The fourth-order valence-corrected chi connectivity index (χ4v) is 4.20. The Morgan fingerprint density at radius 1 is 0.889 bits per heavy atom. The van der Waals surface area contributed by atoms with Crippen LogP contribution in [0.3, 0.4) is 0 Å². The molecule has 27 heavy (non-hydrogen) atoms. The lowest BCUT2D eigenvalue weighted by atomic mass is 10.2. The molecule has 1 amide bonds. The van der Waals surface area contributed by atoms with Crippen molar-refractivity contribution >= 4 is 61.5 Å². The highest BCUT2D eigenvalue weighted by molar-refractivity contribution is 14.1. The molecule has 0 aliphatic rings. The summed E-state index contributed by atoms with van der Waals surface area (Å²) in [5, 5.41) is 3.19. The Morgan fingerprint density at radius 3 is 2.26 bits per heavy atom. The van der Waals surface area contributed by atoms with Crippen LogP contribution < -0.4 is 10.0 Å². The number of halogens is 2. The molecule has 0 bridgehead atoms. The van der Waals surface area contributed by atoms with Crippen LogP contribution in [-0.2, 0) is 10.0 Å². The first-order valence-corrected chi connectivity index (χ1v) is 10.7. The molecular formula is C19H14ClIN2O3S. The van der Waals surface area contributed by atoms with Crippen molar-refractivity contribution in [2.75, 3.05) is 10.0 Å². The summed E-state index contributed by atoms with van der Waals surface area (Å²) in [4.78, 5) is 12.4. The molecular weight excluding hydrogens is 499 g/mol. The molecule has 0 aliphatic carbocycles. The number of benzene rings is 3. The number of nitrogens with one attached hydrogen (secondary N) is 2. The Balaban J connectivity index is 1.75. The number of hydrogen-bond donors (Lipinski definition) is 2. The van der Waals surface area contributed by atoms with Gasteiger partial charge in [0.2, 0.25) is 0 Å². The van der Waals surface area contributed by atoms with Gasteiger partial charge in [-0.3, -0.25) is 9.52 Å². The van der Waals surface area contributed by atoms with E-state index in [1.54, 1.807) is 42.5 Å². The molecule has 5 nitrogen and oxygen atoms in total. The van der Waals surface area contributed by atoms with Crippen LogP contribution in [0.1, 0.15) is 10.4 Å². The SMILES string of the molecule is O=C(Nc1ccc(S(=O)(=O)Nc2cccc(Cl)c2)cc1)c1ccccc1I. The average Bonchev–Trinajstić information content (AvgIpc) is 2.62. The minimum absolute atomic E-state index is 0.0785. The topological polar surface area (TPSA) is 75.3 Å². The molecule has 0 aliphatic heterocycles. The number of anilines is 2. The standard InChI is InChI=1S/C19H14ClIN2O3S/c20-13-4-3-5-15(12-13)23-27(25,26)16-10-8-14(9-11-16)22-19(24)17-6-1-2-7-18(17)21/h1-12,23H,(H,22,24). The zero-order valence-corrected chi connectivity index (χ0v) is 17.5. The molecule has 8 heteroatoms. The summed E-state index contributed by atoms with van der Waals surface area (Å²) < 4.78 is 28.2. The molecule has 3 aromatic rings. The lowest BCUT2D eigenvalue weighted by molar-refractivity contribution is 0.102. The number of carbonyl (C=O) groups is 1. The van der Waals surface area contributed by atoms with E-state index in [0.717, 1.165) is 3.57 Å². The Kier molecular flexibility index (Phi) is 6.03. The predicted molar refractivity (Wildman–Crippen MR) is 116 cm³/mol. The molecule has 0 fully saturated rings. The van der Waals surface area contributed by atoms with Crippen molar-refractivity contribution in [2.24, 2.45) is 0 Å². The van der Waals surface area contributed by atoms with E-state index in [1.165, 1.54) is 18.2 Å². The lowest BCUT2D eigenvalue weighted by Gasteiger charge is -2.10. The Labute approximate surface area is 175 Å². The lowest BCUT2D eigenvalue weighted by Crippen LogP contribution is -2.14. The van der Waals surface area contributed by atoms with Crippen LogP contribution in [-0.4, -0.2) is 14.3 Å². The van der Waals surface area contributed by atoms with Crippen LogP contribution in [0.5, 0.6) is 0 Å². The second-order valence-electron chi connectivity index (χ2n) is 5.57. The van der Waals surface area contributed by atoms with Gasteiger partial charge in [-0.2, -0.15) is 0 Å². The first-order valence-electron chi connectivity index (χ1n) is 7.79. The van der Waals surface area contributed by atoms with Crippen molar-refractivity contribution in [3.8, 4) is 0 Å². The summed E-state index contributed by atoms with van der Waals surface area (Å²) in [5.74, 6) is -0.257. The van der Waals surface area contributed by atoms with Crippen molar-refractivity contribution in [1.82, 2.24) is 0 Å².